The first-order valence-electron chi connectivity index (χ1n) is 8.54. The molecule has 0 saturated carbocycles. The largest absolute Gasteiger partial charge is 0.395 e. The summed E-state index contributed by atoms with van der Waals surface area (Å²) in [6.45, 7) is 0.714. The summed E-state index contributed by atoms with van der Waals surface area (Å²) in [4.78, 5) is 16.3. The zero-order chi connectivity index (χ0) is 17.6. The first kappa shape index (κ1) is 17.6. The Balaban J connectivity index is 1.57. The van der Waals surface area contributed by atoms with Gasteiger partial charge in [-0.25, -0.2) is 5.43 Å². The van der Waals surface area contributed by atoms with Gasteiger partial charge in [-0.2, -0.15) is 5.10 Å². The molecule has 0 bridgehead atoms. The average molecular weight is 357 g/mol. The third kappa shape index (κ3) is 4.46. The topological polar surface area (TPSA) is 64.9 Å². The average Bonchev–Trinajstić information content (AvgIpc) is 3.07. The number of aryl methyl sites for hydroxylation is 2. The summed E-state index contributed by atoms with van der Waals surface area (Å²) in [5.74, 6) is -0.144. The molecule has 5 nitrogen and oxygen atoms in total. The van der Waals surface area contributed by atoms with Gasteiger partial charge in [0.1, 0.15) is 0 Å². The predicted molar refractivity (Wildman–Crippen MR) is 103 cm³/mol. The van der Waals surface area contributed by atoms with Gasteiger partial charge in [0.05, 0.1) is 17.7 Å². The van der Waals surface area contributed by atoms with Crippen LogP contribution in [0.3, 0.4) is 0 Å². The number of thiophene rings is 1. The van der Waals surface area contributed by atoms with Gasteiger partial charge < -0.3 is 10.0 Å². The summed E-state index contributed by atoms with van der Waals surface area (Å²) in [5, 5.41) is 13.0. The SMILES string of the molecule is CN(CCO)c1ccc(/C=N/NC(=O)c2cc3c(s2)CCCC3)cc1. The summed E-state index contributed by atoms with van der Waals surface area (Å²) in [6, 6.07) is 9.81. The molecule has 1 aromatic carbocycles. The Morgan fingerprint density at radius 3 is 2.80 bits per heavy atom. The number of hydrogen-bond donors (Lipinski definition) is 2. The highest BCUT2D eigenvalue weighted by molar-refractivity contribution is 7.14. The Kier molecular flexibility index (Phi) is 5.83. The van der Waals surface area contributed by atoms with E-state index in [-0.39, 0.29) is 12.5 Å². The molecule has 1 heterocycles. The Bertz CT molecular complexity index is 729. The third-order valence-electron chi connectivity index (χ3n) is 4.37. The molecule has 1 aliphatic carbocycles. The van der Waals surface area contributed by atoms with E-state index in [2.05, 4.69) is 10.5 Å². The van der Waals surface area contributed by atoms with Crippen molar-refractivity contribution in [2.75, 3.05) is 25.1 Å². The molecule has 0 unspecified atom stereocenters. The number of fused-ring (bicyclic) bond motifs is 1. The molecule has 6 heteroatoms. The molecular weight excluding hydrogens is 334 g/mol. The quantitative estimate of drug-likeness (QED) is 0.617. The molecule has 0 radical (unpaired) electrons. The first-order chi connectivity index (χ1) is 12.2. The lowest BCUT2D eigenvalue weighted by molar-refractivity contribution is 0.0959. The highest BCUT2D eigenvalue weighted by atomic mass is 32.1. The van der Waals surface area contributed by atoms with Crippen molar-refractivity contribution < 1.29 is 9.90 Å². The highest BCUT2D eigenvalue weighted by Crippen LogP contribution is 2.29. The van der Waals surface area contributed by atoms with Crippen LogP contribution in [0.5, 0.6) is 0 Å². The van der Waals surface area contributed by atoms with Crippen molar-refractivity contribution in [1.29, 1.82) is 0 Å². The van der Waals surface area contributed by atoms with Crippen LogP contribution in [-0.2, 0) is 12.8 Å². The number of aliphatic hydroxyl groups excluding tert-OH is 1. The molecule has 132 valence electrons. The standard InChI is InChI=1S/C19H23N3O2S/c1-22(10-11-23)16-8-6-14(7-9-16)13-20-21-19(24)18-12-15-4-2-3-5-17(15)25-18/h6-9,12-13,23H,2-5,10-11H2,1H3,(H,21,24)/b20-13+. The van der Waals surface area contributed by atoms with Gasteiger partial charge >= 0.3 is 0 Å². The fourth-order valence-corrected chi connectivity index (χ4v) is 4.06. The Morgan fingerprint density at radius 1 is 1.32 bits per heavy atom. The second kappa shape index (κ2) is 8.27. The summed E-state index contributed by atoms with van der Waals surface area (Å²) in [6.07, 6.45) is 6.25. The number of hydrazone groups is 1. The molecule has 2 aromatic rings. The number of hydrogen-bond acceptors (Lipinski definition) is 5. The summed E-state index contributed by atoms with van der Waals surface area (Å²) < 4.78 is 0. The van der Waals surface area contributed by atoms with Crippen LogP contribution in [0.4, 0.5) is 5.69 Å². The lowest BCUT2D eigenvalue weighted by atomic mass is 9.99. The van der Waals surface area contributed by atoms with E-state index in [1.165, 1.54) is 23.3 Å². The van der Waals surface area contributed by atoms with E-state index in [9.17, 15) is 4.79 Å². The number of benzene rings is 1. The molecule has 3 rings (SSSR count). The minimum Gasteiger partial charge on any atom is -0.395 e. The van der Waals surface area contributed by atoms with Crippen LogP contribution in [0.2, 0.25) is 0 Å². The van der Waals surface area contributed by atoms with Crippen LogP contribution in [0.25, 0.3) is 0 Å². The maximum Gasteiger partial charge on any atom is 0.281 e. The lowest BCUT2D eigenvalue weighted by Crippen LogP contribution is -2.20. The van der Waals surface area contributed by atoms with E-state index in [0.29, 0.717) is 6.54 Å². The van der Waals surface area contributed by atoms with Crippen molar-refractivity contribution in [1.82, 2.24) is 5.43 Å². The summed E-state index contributed by atoms with van der Waals surface area (Å²) in [5.41, 5.74) is 5.87. The number of carbonyl (C=O) groups excluding carboxylic acids is 1. The fraction of sp³-hybridized carbons (Fsp3) is 0.368. The maximum atomic E-state index is 12.2. The molecule has 0 fully saturated rings. The fourth-order valence-electron chi connectivity index (χ4n) is 2.92. The maximum absolute atomic E-state index is 12.2. The Morgan fingerprint density at radius 2 is 2.08 bits per heavy atom. The van der Waals surface area contributed by atoms with Crippen molar-refractivity contribution in [3.05, 3.63) is 51.2 Å². The van der Waals surface area contributed by atoms with Gasteiger partial charge in [0, 0.05) is 24.2 Å². The van der Waals surface area contributed by atoms with Crippen LogP contribution < -0.4 is 10.3 Å². The monoisotopic (exact) mass is 357 g/mol. The molecule has 0 saturated heterocycles. The van der Waals surface area contributed by atoms with Gasteiger partial charge in [-0.15, -0.1) is 11.3 Å². The van der Waals surface area contributed by atoms with E-state index in [0.717, 1.165) is 29.0 Å². The van der Waals surface area contributed by atoms with Gasteiger partial charge in [-0.05, 0) is 55.0 Å². The van der Waals surface area contributed by atoms with Gasteiger partial charge in [0.25, 0.3) is 5.91 Å². The number of rotatable bonds is 6. The third-order valence-corrected chi connectivity index (χ3v) is 5.61. The minimum absolute atomic E-state index is 0.123. The molecule has 25 heavy (non-hydrogen) atoms. The van der Waals surface area contributed by atoms with Crippen molar-refractivity contribution >= 4 is 29.1 Å². The molecule has 1 aliphatic rings. The summed E-state index contributed by atoms with van der Waals surface area (Å²) >= 11 is 1.59. The van der Waals surface area contributed by atoms with Crippen molar-refractivity contribution in [2.45, 2.75) is 25.7 Å². The van der Waals surface area contributed by atoms with Crippen LogP contribution >= 0.6 is 11.3 Å². The smallest absolute Gasteiger partial charge is 0.281 e. The highest BCUT2D eigenvalue weighted by Gasteiger charge is 2.16. The van der Waals surface area contributed by atoms with Crippen LogP contribution in [0, 0.1) is 0 Å². The molecule has 0 aliphatic heterocycles. The normalized spacial score (nSPS) is 13.7. The summed E-state index contributed by atoms with van der Waals surface area (Å²) in [7, 11) is 1.93. The number of carbonyl (C=O) groups is 1. The van der Waals surface area contributed by atoms with Gasteiger partial charge in [-0.3, -0.25) is 4.79 Å². The predicted octanol–water partition coefficient (Wildman–Crippen LogP) is 2.82. The molecule has 2 N–H and O–H groups in total. The minimum atomic E-state index is -0.144. The van der Waals surface area contributed by atoms with Gasteiger partial charge in [0.15, 0.2) is 0 Å². The van der Waals surface area contributed by atoms with Crippen LogP contribution in [0.15, 0.2) is 35.4 Å². The van der Waals surface area contributed by atoms with Crippen LogP contribution in [-0.4, -0.2) is 37.4 Å². The van der Waals surface area contributed by atoms with E-state index in [1.807, 2.05) is 42.3 Å². The van der Waals surface area contributed by atoms with E-state index in [1.54, 1.807) is 17.6 Å². The Hall–Kier alpha value is -2.18. The zero-order valence-corrected chi connectivity index (χ0v) is 15.2. The number of nitrogens with zero attached hydrogens (tertiary/aromatic N) is 2. The van der Waals surface area contributed by atoms with Gasteiger partial charge in [-0.1, -0.05) is 12.1 Å². The number of amides is 1. The molecule has 1 aromatic heterocycles. The van der Waals surface area contributed by atoms with E-state index in [4.69, 9.17) is 5.11 Å². The second-order valence-electron chi connectivity index (χ2n) is 6.20. The molecular formula is C19H23N3O2S. The molecule has 0 spiro atoms. The van der Waals surface area contributed by atoms with Crippen molar-refractivity contribution in [2.24, 2.45) is 5.10 Å². The van der Waals surface area contributed by atoms with Crippen molar-refractivity contribution in [3.8, 4) is 0 Å². The lowest BCUT2D eigenvalue weighted by Gasteiger charge is -2.17. The number of nitrogens with one attached hydrogen (secondary N) is 1. The number of aliphatic hydroxyl groups is 1. The number of likely N-dealkylation sites (N-methyl/N-ethyl adjacent to an activating group) is 1. The van der Waals surface area contributed by atoms with E-state index >= 15 is 0 Å². The second-order valence-corrected chi connectivity index (χ2v) is 7.34. The zero-order valence-electron chi connectivity index (χ0n) is 14.4. The first-order valence-corrected chi connectivity index (χ1v) is 9.36. The van der Waals surface area contributed by atoms with Crippen LogP contribution in [0.1, 0.15) is 38.5 Å². The Labute approximate surface area is 152 Å². The van der Waals surface area contributed by atoms with E-state index < -0.39 is 0 Å². The number of anilines is 1. The van der Waals surface area contributed by atoms with Gasteiger partial charge in [0.2, 0.25) is 0 Å². The molecule has 0 atom stereocenters. The van der Waals surface area contributed by atoms with Crippen molar-refractivity contribution in [3.63, 3.8) is 0 Å². The molecule has 1 amide bonds.